The molecule has 0 saturated carbocycles. The highest BCUT2D eigenvalue weighted by molar-refractivity contribution is 7.71. The number of nitrogens with zero attached hydrogens (tertiary/aromatic N) is 1. The number of H-pyrrole nitrogens is 1. The number of aryl methyl sites for hydroxylation is 1. The fraction of sp³-hybridized carbons (Fsp3) is 0.125. The molecule has 0 spiro atoms. The van der Waals surface area contributed by atoms with Crippen LogP contribution < -0.4 is 5.56 Å². The second kappa shape index (κ2) is 5.43. The Balaban J connectivity index is 2.00. The molecule has 0 atom stereocenters. The molecule has 0 unspecified atom stereocenters. The van der Waals surface area contributed by atoms with Crippen molar-refractivity contribution < 1.29 is 0 Å². The van der Waals surface area contributed by atoms with Crippen molar-refractivity contribution in [1.29, 1.82) is 0 Å². The average molecular weight is 282 g/mol. The molecule has 20 heavy (non-hydrogen) atoms. The standard InChI is InChI=1S/C16H14N2OS/c19-15-13-8-4-5-9-14(13)17-16(20)18(15)11-10-12-6-2-1-3-7-12/h1-9H,10-11H2,(H,17,20). The molecule has 1 N–H and O–H groups in total. The number of para-hydroxylation sites is 1. The van der Waals surface area contributed by atoms with E-state index in [1.807, 2.05) is 42.5 Å². The molecule has 4 heteroatoms. The Bertz CT molecular complexity index is 849. The molecule has 1 aromatic heterocycles. The van der Waals surface area contributed by atoms with Crippen LogP contribution in [0.2, 0.25) is 0 Å². The van der Waals surface area contributed by atoms with Gasteiger partial charge in [0.1, 0.15) is 0 Å². The highest BCUT2D eigenvalue weighted by atomic mass is 32.1. The number of nitrogens with one attached hydrogen (secondary N) is 1. The second-order valence-electron chi connectivity index (χ2n) is 4.67. The Hall–Kier alpha value is -2.20. The topological polar surface area (TPSA) is 37.8 Å². The lowest BCUT2D eigenvalue weighted by Crippen LogP contribution is -2.23. The zero-order valence-electron chi connectivity index (χ0n) is 10.9. The summed E-state index contributed by atoms with van der Waals surface area (Å²) in [4.78, 5) is 15.6. The van der Waals surface area contributed by atoms with E-state index in [1.54, 1.807) is 4.57 Å². The molecule has 2 aromatic carbocycles. The predicted molar refractivity (Wildman–Crippen MR) is 83.5 cm³/mol. The van der Waals surface area contributed by atoms with E-state index in [2.05, 4.69) is 17.1 Å². The molecule has 0 fully saturated rings. The molecule has 0 amide bonds. The van der Waals surface area contributed by atoms with Crippen LogP contribution in [0.5, 0.6) is 0 Å². The lowest BCUT2D eigenvalue weighted by molar-refractivity contribution is 0.652. The van der Waals surface area contributed by atoms with Crippen LogP contribution in [0, 0.1) is 4.77 Å². The predicted octanol–water partition coefficient (Wildman–Crippen LogP) is 3.30. The van der Waals surface area contributed by atoms with Crippen LogP contribution in [0.1, 0.15) is 5.56 Å². The summed E-state index contributed by atoms with van der Waals surface area (Å²) in [6, 6.07) is 17.5. The zero-order chi connectivity index (χ0) is 13.9. The van der Waals surface area contributed by atoms with E-state index >= 15 is 0 Å². The smallest absolute Gasteiger partial charge is 0.262 e. The van der Waals surface area contributed by atoms with Gasteiger partial charge in [-0.2, -0.15) is 0 Å². The lowest BCUT2D eigenvalue weighted by Gasteiger charge is -2.08. The minimum atomic E-state index is -0.0275. The van der Waals surface area contributed by atoms with Crippen molar-refractivity contribution >= 4 is 23.1 Å². The molecule has 1 heterocycles. The highest BCUT2D eigenvalue weighted by Gasteiger charge is 2.04. The Labute approximate surface area is 121 Å². The quantitative estimate of drug-likeness (QED) is 0.748. The van der Waals surface area contributed by atoms with Crippen LogP contribution in [0.25, 0.3) is 10.9 Å². The van der Waals surface area contributed by atoms with Gasteiger partial charge in [-0.05, 0) is 36.3 Å². The number of hydrogen-bond donors (Lipinski definition) is 1. The average Bonchev–Trinajstić information content (AvgIpc) is 2.48. The summed E-state index contributed by atoms with van der Waals surface area (Å²) in [6.45, 7) is 0.586. The molecule has 100 valence electrons. The van der Waals surface area contributed by atoms with Gasteiger partial charge in [0.15, 0.2) is 4.77 Å². The molecule has 0 bridgehead atoms. The molecule has 3 aromatic rings. The molecule has 0 saturated heterocycles. The summed E-state index contributed by atoms with van der Waals surface area (Å²) < 4.78 is 2.11. The van der Waals surface area contributed by atoms with E-state index in [0.29, 0.717) is 16.7 Å². The molecular formula is C16H14N2OS. The summed E-state index contributed by atoms with van der Waals surface area (Å²) in [5, 5.41) is 0.675. The zero-order valence-corrected chi connectivity index (χ0v) is 11.7. The summed E-state index contributed by atoms with van der Waals surface area (Å²) in [7, 11) is 0. The van der Waals surface area contributed by atoms with Crippen molar-refractivity contribution in [2.24, 2.45) is 0 Å². The normalized spacial score (nSPS) is 10.8. The van der Waals surface area contributed by atoms with Crippen molar-refractivity contribution in [2.45, 2.75) is 13.0 Å². The van der Waals surface area contributed by atoms with Gasteiger partial charge in [0.05, 0.1) is 10.9 Å². The van der Waals surface area contributed by atoms with Crippen LogP contribution in [-0.2, 0) is 13.0 Å². The maximum Gasteiger partial charge on any atom is 0.262 e. The first kappa shape index (κ1) is 12.8. The molecule has 0 radical (unpaired) electrons. The summed E-state index contributed by atoms with van der Waals surface area (Å²) in [6.07, 6.45) is 0.788. The van der Waals surface area contributed by atoms with E-state index in [4.69, 9.17) is 12.2 Å². The van der Waals surface area contributed by atoms with Gasteiger partial charge in [-0.25, -0.2) is 0 Å². The third kappa shape index (κ3) is 2.42. The fourth-order valence-corrected chi connectivity index (χ4v) is 2.57. The van der Waals surface area contributed by atoms with Crippen molar-refractivity contribution in [1.82, 2.24) is 9.55 Å². The van der Waals surface area contributed by atoms with E-state index < -0.39 is 0 Å². The van der Waals surface area contributed by atoms with Gasteiger partial charge in [0.2, 0.25) is 0 Å². The van der Waals surface area contributed by atoms with Crippen LogP contribution in [-0.4, -0.2) is 9.55 Å². The van der Waals surface area contributed by atoms with Crippen molar-refractivity contribution in [2.75, 3.05) is 0 Å². The van der Waals surface area contributed by atoms with Crippen LogP contribution >= 0.6 is 12.2 Å². The molecule has 0 aliphatic carbocycles. The van der Waals surface area contributed by atoms with Crippen LogP contribution in [0.4, 0.5) is 0 Å². The lowest BCUT2D eigenvalue weighted by atomic mass is 10.1. The van der Waals surface area contributed by atoms with E-state index in [9.17, 15) is 4.79 Å². The minimum Gasteiger partial charge on any atom is -0.332 e. The fourth-order valence-electron chi connectivity index (χ4n) is 2.29. The SMILES string of the molecule is O=c1c2ccccc2[nH]c(=S)n1CCc1ccccc1. The van der Waals surface area contributed by atoms with Gasteiger partial charge >= 0.3 is 0 Å². The molecule has 0 aliphatic rings. The summed E-state index contributed by atoms with van der Waals surface area (Å²) in [5.74, 6) is 0. The Morgan fingerprint density at radius 1 is 1.00 bits per heavy atom. The Kier molecular flexibility index (Phi) is 3.48. The summed E-state index contributed by atoms with van der Waals surface area (Å²) in [5.41, 5.74) is 1.96. The maximum atomic E-state index is 12.4. The Morgan fingerprint density at radius 2 is 1.70 bits per heavy atom. The number of rotatable bonds is 3. The molecule has 0 aliphatic heterocycles. The van der Waals surface area contributed by atoms with E-state index in [0.717, 1.165) is 11.9 Å². The number of aromatic nitrogens is 2. The van der Waals surface area contributed by atoms with Gasteiger partial charge in [-0.3, -0.25) is 9.36 Å². The van der Waals surface area contributed by atoms with Gasteiger partial charge in [-0.15, -0.1) is 0 Å². The monoisotopic (exact) mass is 282 g/mol. The molecule has 3 nitrogen and oxygen atoms in total. The minimum absolute atomic E-state index is 0.0275. The Morgan fingerprint density at radius 3 is 2.50 bits per heavy atom. The first-order valence-electron chi connectivity index (χ1n) is 6.51. The third-order valence-electron chi connectivity index (χ3n) is 3.36. The molecular weight excluding hydrogens is 268 g/mol. The number of aromatic amines is 1. The van der Waals surface area contributed by atoms with Gasteiger partial charge < -0.3 is 4.98 Å². The first-order valence-corrected chi connectivity index (χ1v) is 6.92. The maximum absolute atomic E-state index is 12.4. The summed E-state index contributed by atoms with van der Waals surface area (Å²) >= 11 is 5.29. The van der Waals surface area contributed by atoms with Crippen molar-refractivity contribution in [3.8, 4) is 0 Å². The van der Waals surface area contributed by atoms with Crippen molar-refractivity contribution in [3.05, 3.63) is 75.3 Å². The third-order valence-corrected chi connectivity index (χ3v) is 3.68. The number of benzene rings is 2. The number of fused-ring (bicyclic) bond motifs is 1. The van der Waals surface area contributed by atoms with E-state index in [1.165, 1.54) is 5.56 Å². The number of hydrogen-bond acceptors (Lipinski definition) is 2. The second-order valence-corrected chi connectivity index (χ2v) is 5.05. The highest BCUT2D eigenvalue weighted by Crippen LogP contribution is 2.07. The van der Waals surface area contributed by atoms with E-state index in [-0.39, 0.29) is 5.56 Å². The first-order chi connectivity index (χ1) is 9.75. The van der Waals surface area contributed by atoms with Gasteiger partial charge in [-0.1, -0.05) is 42.5 Å². The molecule has 3 rings (SSSR count). The van der Waals surface area contributed by atoms with Gasteiger partial charge in [0.25, 0.3) is 5.56 Å². The van der Waals surface area contributed by atoms with Crippen LogP contribution in [0.3, 0.4) is 0 Å². The van der Waals surface area contributed by atoms with Crippen LogP contribution in [0.15, 0.2) is 59.4 Å². The van der Waals surface area contributed by atoms with Gasteiger partial charge in [0, 0.05) is 6.54 Å². The largest absolute Gasteiger partial charge is 0.332 e. The van der Waals surface area contributed by atoms with Crippen molar-refractivity contribution in [3.63, 3.8) is 0 Å².